The first kappa shape index (κ1) is 15.8. The van der Waals surface area contributed by atoms with Crippen LogP contribution in [0.15, 0.2) is 47.1 Å². The Bertz CT molecular complexity index is 859. The number of hydrogen-bond donors (Lipinski definition) is 1. The number of nitrogens with zero attached hydrogens (tertiary/aromatic N) is 4. The molecule has 6 heteroatoms. The van der Waals surface area contributed by atoms with Gasteiger partial charge in [0, 0.05) is 37.9 Å². The lowest BCUT2D eigenvalue weighted by molar-refractivity contribution is 0.243. The van der Waals surface area contributed by atoms with Gasteiger partial charge in [-0.1, -0.05) is 41.9 Å². The summed E-state index contributed by atoms with van der Waals surface area (Å²) in [6.45, 7) is 2.99. The first-order valence-electron chi connectivity index (χ1n) is 9.39. The molecule has 2 atom stereocenters. The van der Waals surface area contributed by atoms with Crippen LogP contribution >= 0.6 is 0 Å². The van der Waals surface area contributed by atoms with Gasteiger partial charge >= 0.3 is 0 Å². The molecule has 1 aliphatic carbocycles. The molecular weight excluding hydrogens is 326 g/mol. The van der Waals surface area contributed by atoms with Gasteiger partial charge in [0.15, 0.2) is 5.82 Å². The molecule has 1 N–H and O–H groups in total. The van der Waals surface area contributed by atoms with E-state index in [2.05, 4.69) is 32.4 Å². The van der Waals surface area contributed by atoms with Crippen molar-refractivity contribution in [2.75, 3.05) is 13.1 Å². The Balaban J connectivity index is 1.36. The molecule has 1 aliphatic heterocycles. The van der Waals surface area contributed by atoms with E-state index in [-0.39, 0.29) is 5.41 Å². The number of rotatable bonds is 5. The predicted molar refractivity (Wildman–Crippen MR) is 96.4 cm³/mol. The summed E-state index contributed by atoms with van der Waals surface area (Å²) in [6, 6.07) is 12.4. The number of H-pyrrole nitrogens is 1. The van der Waals surface area contributed by atoms with Crippen LogP contribution in [0.4, 0.5) is 0 Å². The number of aromatic amines is 1. The molecule has 6 nitrogen and oxygen atoms in total. The van der Waals surface area contributed by atoms with E-state index in [1.54, 1.807) is 0 Å². The number of likely N-dealkylation sites (tertiary alicyclic amines) is 1. The standard InChI is InChI=1S/C20H23N5O/c1-2-5-15(6-3-1)11-18-22-19(26-24-18)20-9-4-7-16(20)12-25(14-20)13-17-8-10-21-23-17/h1-3,5-6,8,10,16H,4,7,9,11-14H2,(H,21,23)/t16-,20-/m1/s1. The van der Waals surface area contributed by atoms with Gasteiger partial charge in [-0.3, -0.25) is 10.00 Å². The highest BCUT2D eigenvalue weighted by Gasteiger charge is 2.54. The average molecular weight is 349 g/mol. The molecule has 1 saturated heterocycles. The highest BCUT2D eigenvalue weighted by atomic mass is 16.5. The Kier molecular flexibility index (Phi) is 3.85. The monoisotopic (exact) mass is 349 g/mol. The van der Waals surface area contributed by atoms with E-state index < -0.39 is 0 Å². The molecule has 0 amide bonds. The Morgan fingerprint density at radius 1 is 1.23 bits per heavy atom. The third-order valence-corrected chi connectivity index (χ3v) is 5.99. The summed E-state index contributed by atoms with van der Waals surface area (Å²) in [5, 5.41) is 11.4. The molecule has 1 aromatic carbocycles. The lowest BCUT2D eigenvalue weighted by Crippen LogP contribution is -2.32. The van der Waals surface area contributed by atoms with Crippen molar-refractivity contribution in [1.82, 2.24) is 25.2 Å². The van der Waals surface area contributed by atoms with E-state index in [4.69, 9.17) is 9.51 Å². The normalized spacial score (nSPS) is 25.6. The molecule has 26 heavy (non-hydrogen) atoms. The minimum Gasteiger partial charge on any atom is -0.339 e. The topological polar surface area (TPSA) is 70.8 Å². The number of aromatic nitrogens is 4. The van der Waals surface area contributed by atoms with Crippen molar-refractivity contribution in [3.8, 4) is 0 Å². The first-order chi connectivity index (χ1) is 12.8. The Morgan fingerprint density at radius 3 is 3.00 bits per heavy atom. The second-order valence-electron chi connectivity index (χ2n) is 7.67. The summed E-state index contributed by atoms with van der Waals surface area (Å²) in [6.07, 6.45) is 6.18. The Morgan fingerprint density at radius 2 is 2.15 bits per heavy atom. The highest BCUT2D eigenvalue weighted by molar-refractivity contribution is 5.21. The van der Waals surface area contributed by atoms with Gasteiger partial charge in [-0.2, -0.15) is 10.1 Å². The number of benzene rings is 1. The fraction of sp³-hybridized carbons (Fsp3) is 0.450. The third kappa shape index (κ3) is 2.74. The number of fused-ring (bicyclic) bond motifs is 1. The predicted octanol–water partition coefficient (Wildman–Crippen LogP) is 2.94. The van der Waals surface area contributed by atoms with Crippen LogP contribution < -0.4 is 0 Å². The molecule has 134 valence electrons. The largest absolute Gasteiger partial charge is 0.339 e. The van der Waals surface area contributed by atoms with E-state index in [0.29, 0.717) is 5.92 Å². The van der Waals surface area contributed by atoms with Crippen LogP contribution in [-0.2, 0) is 18.4 Å². The molecule has 2 aromatic heterocycles. The van der Waals surface area contributed by atoms with Gasteiger partial charge in [-0.15, -0.1) is 0 Å². The van der Waals surface area contributed by atoms with Crippen LogP contribution in [0, 0.1) is 5.92 Å². The zero-order valence-corrected chi connectivity index (χ0v) is 14.8. The molecule has 2 aliphatic rings. The molecule has 2 fully saturated rings. The molecule has 3 heterocycles. The fourth-order valence-electron chi connectivity index (χ4n) is 4.78. The van der Waals surface area contributed by atoms with Gasteiger partial charge in [0.05, 0.1) is 5.41 Å². The van der Waals surface area contributed by atoms with Crippen molar-refractivity contribution < 1.29 is 4.52 Å². The van der Waals surface area contributed by atoms with Crippen LogP contribution in [0.25, 0.3) is 0 Å². The van der Waals surface area contributed by atoms with Gasteiger partial charge in [-0.25, -0.2) is 0 Å². The van der Waals surface area contributed by atoms with Crippen LogP contribution in [-0.4, -0.2) is 38.3 Å². The minimum absolute atomic E-state index is 0.0297. The number of hydrogen-bond acceptors (Lipinski definition) is 5. The molecule has 0 spiro atoms. The molecule has 3 aromatic rings. The highest BCUT2D eigenvalue weighted by Crippen LogP contribution is 2.50. The lowest BCUT2D eigenvalue weighted by Gasteiger charge is -2.24. The third-order valence-electron chi connectivity index (χ3n) is 5.99. The summed E-state index contributed by atoms with van der Waals surface area (Å²) in [5.41, 5.74) is 2.41. The van der Waals surface area contributed by atoms with Crippen molar-refractivity contribution in [1.29, 1.82) is 0 Å². The van der Waals surface area contributed by atoms with E-state index in [1.165, 1.54) is 18.4 Å². The van der Waals surface area contributed by atoms with Crippen molar-refractivity contribution >= 4 is 0 Å². The van der Waals surface area contributed by atoms with Gasteiger partial charge in [0.1, 0.15) is 0 Å². The van der Waals surface area contributed by atoms with E-state index in [1.807, 2.05) is 30.5 Å². The van der Waals surface area contributed by atoms with Crippen LogP contribution in [0.2, 0.25) is 0 Å². The Labute approximate surface area is 152 Å². The van der Waals surface area contributed by atoms with Crippen LogP contribution in [0.1, 0.15) is 42.2 Å². The SMILES string of the molecule is c1ccc(Cc2noc([C@@]34CCC[C@@H]3CN(Cc3ccn[nH]3)C4)n2)cc1. The van der Waals surface area contributed by atoms with Gasteiger partial charge in [-0.05, 0) is 30.4 Å². The van der Waals surface area contributed by atoms with Crippen molar-refractivity contribution in [2.24, 2.45) is 5.92 Å². The zero-order chi connectivity index (χ0) is 17.4. The van der Waals surface area contributed by atoms with Gasteiger partial charge in [0.25, 0.3) is 0 Å². The van der Waals surface area contributed by atoms with Gasteiger partial charge < -0.3 is 4.52 Å². The molecular formula is C20H23N5O. The van der Waals surface area contributed by atoms with E-state index in [9.17, 15) is 0 Å². The first-order valence-corrected chi connectivity index (χ1v) is 9.39. The van der Waals surface area contributed by atoms with Crippen LogP contribution in [0.3, 0.4) is 0 Å². The smallest absolute Gasteiger partial charge is 0.234 e. The average Bonchev–Trinajstić information content (AvgIpc) is 3.40. The van der Waals surface area contributed by atoms with E-state index >= 15 is 0 Å². The maximum atomic E-state index is 5.80. The van der Waals surface area contributed by atoms with Gasteiger partial charge in [0.2, 0.25) is 5.89 Å². The van der Waals surface area contributed by atoms with E-state index in [0.717, 1.165) is 49.9 Å². The second-order valence-corrected chi connectivity index (χ2v) is 7.67. The lowest BCUT2D eigenvalue weighted by atomic mass is 9.80. The Hall–Kier alpha value is -2.47. The fourth-order valence-corrected chi connectivity index (χ4v) is 4.78. The van der Waals surface area contributed by atoms with Crippen molar-refractivity contribution in [3.05, 3.63) is 65.6 Å². The molecule has 1 saturated carbocycles. The zero-order valence-electron chi connectivity index (χ0n) is 14.8. The van der Waals surface area contributed by atoms with Crippen molar-refractivity contribution in [3.63, 3.8) is 0 Å². The number of nitrogens with one attached hydrogen (secondary N) is 1. The minimum atomic E-state index is 0.0297. The maximum absolute atomic E-state index is 5.80. The summed E-state index contributed by atoms with van der Waals surface area (Å²) in [5.74, 6) is 2.24. The summed E-state index contributed by atoms with van der Waals surface area (Å²) in [7, 11) is 0. The molecule has 5 rings (SSSR count). The quantitative estimate of drug-likeness (QED) is 0.767. The summed E-state index contributed by atoms with van der Waals surface area (Å²) >= 11 is 0. The molecule has 0 unspecified atom stereocenters. The van der Waals surface area contributed by atoms with Crippen LogP contribution in [0.5, 0.6) is 0 Å². The summed E-state index contributed by atoms with van der Waals surface area (Å²) < 4.78 is 5.80. The van der Waals surface area contributed by atoms with Crippen molar-refractivity contribution in [2.45, 2.75) is 37.6 Å². The summed E-state index contributed by atoms with van der Waals surface area (Å²) in [4.78, 5) is 7.33. The molecule has 0 bridgehead atoms. The molecule has 0 radical (unpaired) electrons. The second kappa shape index (κ2) is 6.36. The maximum Gasteiger partial charge on any atom is 0.234 e.